The van der Waals surface area contributed by atoms with Crippen LogP contribution in [-0.4, -0.2) is 41.0 Å². The maximum Gasteiger partial charge on any atom is 0.326 e. The number of carboxylic acid groups (broad SMARTS) is 1. The third-order valence-corrected chi connectivity index (χ3v) is 4.02. The van der Waals surface area contributed by atoms with E-state index in [1.54, 1.807) is 4.90 Å². The van der Waals surface area contributed by atoms with Crippen molar-refractivity contribution in [1.82, 2.24) is 4.90 Å². The lowest BCUT2D eigenvalue weighted by Crippen LogP contribution is -2.51. The van der Waals surface area contributed by atoms with Gasteiger partial charge < -0.3 is 15.7 Å². The molecule has 1 heterocycles. The molecule has 1 fully saturated rings. The number of piperidine rings is 1. The summed E-state index contributed by atoms with van der Waals surface area (Å²) in [7, 11) is 0. The van der Waals surface area contributed by atoms with Crippen LogP contribution in [0.5, 0.6) is 0 Å². The molecule has 0 radical (unpaired) electrons. The molecular weight excluding hydrogens is 244 g/mol. The van der Waals surface area contributed by atoms with Crippen LogP contribution >= 0.6 is 0 Å². The molecule has 0 aromatic carbocycles. The number of nitrogens with two attached hydrogens (primary N) is 1. The lowest BCUT2D eigenvalue weighted by Gasteiger charge is -2.37. The number of aliphatic carboxylic acids is 1. The summed E-state index contributed by atoms with van der Waals surface area (Å²) < 4.78 is 0. The fourth-order valence-electron chi connectivity index (χ4n) is 2.79. The van der Waals surface area contributed by atoms with E-state index in [0.717, 1.165) is 25.7 Å². The summed E-state index contributed by atoms with van der Waals surface area (Å²) in [5.41, 5.74) is 5.49. The summed E-state index contributed by atoms with van der Waals surface area (Å²) >= 11 is 0. The highest BCUT2D eigenvalue weighted by atomic mass is 16.4. The summed E-state index contributed by atoms with van der Waals surface area (Å²) in [4.78, 5) is 25.1. The van der Waals surface area contributed by atoms with Gasteiger partial charge in [0.15, 0.2) is 0 Å². The zero-order valence-electron chi connectivity index (χ0n) is 12.0. The van der Waals surface area contributed by atoms with Crippen LogP contribution in [0.3, 0.4) is 0 Å². The molecule has 0 aliphatic carbocycles. The summed E-state index contributed by atoms with van der Waals surface area (Å²) in [6.45, 7) is 5.20. The van der Waals surface area contributed by atoms with E-state index in [1.165, 1.54) is 0 Å². The van der Waals surface area contributed by atoms with Crippen LogP contribution in [0, 0.1) is 11.8 Å². The Morgan fingerprint density at radius 2 is 2.11 bits per heavy atom. The van der Waals surface area contributed by atoms with E-state index in [2.05, 4.69) is 6.92 Å². The van der Waals surface area contributed by atoms with Gasteiger partial charge in [-0.05, 0) is 44.1 Å². The first-order valence-electron chi connectivity index (χ1n) is 7.19. The van der Waals surface area contributed by atoms with Crippen LogP contribution in [0.4, 0.5) is 0 Å². The standard InChI is InChI=1S/C14H26N2O3/c1-10(7-8-15)5-6-12(17)16-9-3-4-11(2)13(16)14(18)19/h10-11,13H,3-9,15H2,1-2H3,(H,18,19). The molecule has 0 aromatic rings. The Morgan fingerprint density at radius 3 is 2.68 bits per heavy atom. The second-order valence-electron chi connectivity index (χ2n) is 5.71. The number of nitrogens with zero attached hydrogens (tertiary/aromatic N) is 1. The van der Waals surface area contributed by atoms with Gasteiger partial charge in [-0.25, -0.2) is 4.79 Å². The minimum absolute atomic E-state index is 0.0252. The quantitative estimate of drug-likeness (QED) is 0.765. The van der Waals surface area contributed by atoms with Gasteiger partial charge >= 0.3 is 5.97 Å². The largest absolute Gasteiger partial charge is 0.480 e. The van der Waals surface area contributed by atoms with Crippen molar-refractivity contribution in [1.29, 1.82) is 0 Å². The number of carbonyl (C=O) groups excluding carboxylic acids is 1. The number of amides is 1. The molecule has 1 aliphatic rings. The third-order valence-electron chi connectivity index (χ3n) is 4.02. The topological polar surface area (TPSA) is 83.6 Å². The van der Waals surface area contributed by atoms with Gasteiger partial charge in [-0.3, -0.25) is 4.79 Å². The smallest absolute Gasteiger partial charge is 0.326 e. The fourth-order valence-corrected chi connectivity index (χ4v) is 2.79. The van der Waals surface area contributed by atoms with Gasteiger partial charge in [-0.1, -0.05) is 13.8 Å². The molecule has 3 unspecified atom stereocenters. The molecule has 0 aromatic heterocycles. The molecule has 3 atom stereocenters. The highest BCUT2D eigenvalue weighted by molar-refractivity contribution is 5.84. The zero-order valence-corrected chi connectivity index (χ0v) is 12.0. The molecule has 1 rings (SSSR count). The summed E-state index contributed by atoms with van der Waals surface area (Å²) in [6, 6.07) is -0.647. The van der Waals surface area contributed by atoms with Gasteiger partial charge in [-0.2, -0.15) is 0 Å². The van der Waals surface area contributed by atoms with Crippen molar-refractivity contribution < 1.29 is 14.7 Å². The molecule has 3 N–H and O–H groups in total. The SMILES string of the molecule is CC(CCN)CCC(=O)N1CCCC(C)C1C(=O)O. The van der Waals surface area contributed by atoms with Crippen molar-refractivity contribution >= 4 is 11.9 Å². The van der Waals surface area contributed by atoms with Crippen LogP contribution in [0.25, 0.3) is 0 Å². The monoisotopic (exact) mass is 270 g/mol. The van der Waals surface area contributed by atoms with Crippen LogP contribution in [0.15, 0.2) is 0 Å². The van der Waals surface area contributed by atoms with Gasteiger partial charge in [0.25, 0.3) is 0 Å². The number of hydrogen-bond acceptors (Lipinski definition) is 3. The van der Waals surface area contributed by atoms with E-state index >= 15 is 0 Å². The maximum absolute atomic E-state index is 12.2. The Balaban J connectivity index is 2.55. The molecular formula is C14H26N2O3. The molecule has 0 spiro atoms. The number of rotatable bonds is 6. The Bertz CT molecular complexity index is 320. The van der Waals surface area contributed by atoms with Crippen molar-refractivity contribution in [3.05, 3.63) is 0 Å². The molecule has 1 saturated heterocycles. The van der Waals surface area contributed by atoms with Crippen molar-refractivity contribution in [2.45, 2.75) is 52.0 Å². The average molecular weight is 270 g/mol. The fraction of sp³-hybridized carbons (Fsp3) is 0.857. The Morgan fingerprint density at radius 1 is 1.42 bits per heavy atom. The van der Waals surface area contributed by atoms with E-state index in [9.17, 15) is 14.7 Å². The van der Waals surface area contributed by atoms with Gasteiger partial charge in [0.05, 0.1) is 0 Å². The Labute approximate surface area is 115 Å². The first-order chi connectivity index (χ1) is 8.97. The predicted octanol–water partition coefficient (Wildman–Crippen LogP) is 1.46. The van der Waals surface area contributed by atoms with Crippen molar-refractivity contribution in [3.63, 3.8) is 0 Å². The lowest BCUT2D eigenvalue weighted by molar-refractivity contribution is -0.154. The zero-order chi connectivity index (χ0) is 14.4. The highest BCUT2D eigenvalue weighted by Crippen LogP contribution is 2.25. The van der Waals surface area contributed by atoms with Crippen molar-refractivity contribution in [2.75, 3.05) is 13.1 Å². The minimum Gasteiger partial charge on any atom is -0.480 e. The van der Waals surface area contributed by atoms with E-state index in [0.29, 0.717) is 25.4 Å². The summed E-state index contributed by atoms with van der Waals surface area (Å²) in [6.07, 6.45) is 3.90. The molecule has 19 heavy (non-hydrogen) atoms. The number of likely N-dealkylation sites (tertiary alicyclic amines) is 1. The molecule has 1 aliphatic heterocycles. The summed E-state index contributed by atoms with van der Waals surface area (Å²) in [5, 5.41) is 9.28. The molecule has 5 nitrogen and oxygen atoms in total. The van der Waals surface area contributed by atoms with E-state index in [4.69, 9.17) is 5.73 Å². The highest BCUT2D eigenvalue weighted by Gasteiger charge is 2.36. The lowest BCUT2D eigenvalue weighted by atomic mass is 9.90. The van der Waals surface area contributed by atoms with Gasteiger partial charge in [0.2, 0.25) is 5.91 Å². The van der Waals surface area contributed by atoms with Gasteiger partial charge in [0, 0.05) is 13.0 Å². The minimum atomic E-state index is -0.879. The van der Waals surface area contributed by atoms with Crippen LogP contribution < -0.4 is 5.73 Å². The first-order valence-corrected chi connectivity index (χ1v) is 7.19. The van der Waals surface area contributed by atoms with Crippen molar-refractivity contribution in [2.24, 2.45) is 17.6 Å². The molecule has 110 valence electrons. The maximum atomic E-state index is 12.2. The van der Waals surface area contributed by atoms with Crippen LogP contribution in [0.1, 0.15) is 46.0 Å². The molecule has 0 saturated carbocycles. The first kappa shape index (κ1) is 16.0. The second-order valence-corrected chi connectivity index (χ2v) is 5.71. The summed E-state index contributed by atoms with van der Waals surface area (Å²) in [5.74, 6) is -0.450. The van der Waals surface area contributed by atoms with Crippen LogP contribution in [-0.2, 0) is 9.59 Å². The van der Waals surface area contributed by atoms with E-state index in [1.807, 2.05) is 6.92 Å². The Hall–Kier alpha value is -1.10. The number of carbonyl (C=O) groups is 2. The van der Waals surface area contributed by atoms with E-state index < -0.39 is 12.0 Å². The number of hydrogen-bond donors (Lipinski definition) is 2. The molecule has 5 heteroatoms. The van der Waals surface area contributed by atoms with Gasteiger partial charge in [-0.15, -0.1) is 0 Å². The average Bonchev–Trinajstić information content (AvgIpc) is 2.35. The van der Waals surface area contributed by atoms with E-state index in [-0.39, 0.29) is 11.8 Å². The van der Waals surface area contributed by atoms with Crippen molar-refractivity contribution in [3.8, 4) is 0 Å². The molecule has 0 bridgehead atoms. The Kier molecular flexibility index (Phi) is 6.28. The normalized spacial score (nSPS) is 25.1. The predicted molar refractivity (Wildman–Crippen MR) is 73.6 cm³/mol. The number of carboxylic acids is 1. The van der Waals surface area contributed by atoms with Gasteiger partial charge in [0.1, 0.15) is 6.04 Å². The van der Waals surface area contributed by atoms with Crippen LogP contribution in [0.2, 0.25) is 0 Å². The second kappa shape index (κ2) is 7.48. The molecule has 1 amide bonds. The third kappa shape index (κ3) is 4.49.